The number of carbonyl (C=O) groups is 1. The third-order valence-corrected chi connectivity index (χ3v) is 1.92. The second-order valence-electron chi connectivity index (χ2n) is 2.93. The predicted octanol–water partition coefficient (Wildman–Crippen LogP) is 0.0194. The van der Waals surface area contributed by atoms with Crippen LogP contribution in [0.2, 0.25) is 0 Å². The van der Waals surface area contributed by atoms with E-state index in [2.05, 4.69) is 0 Å². The second-order valence-corrected chi connectivity index (χ2v) is 2.93. The molecule has 0 aromatic heterocycles. The molecule has 0 aliphatic carbocycles. The Morgan fingerprint density at radius 2 is 2.00 bits per heavy atom. The van der Waals surface area contributed by atoms with Gasteiger partial charge in [0.15, 0.2) is 0 Å². The monoisotopic (exact) mass is 246 g/mol. The van der Waals surface area contributed by atoms with E-state index >= 15 is 0 Å². The zero-order valence-corrected chi connectivity index (χ0v) is 9.83. The molecule has 4 nitrogen and oxygen atoms in total. The molecule has 1 aliphatic rings. The Labute approximate surface area is 97.4 Å². The molecule has 1 radical (unpaired) electrons. The third kappa shape index (κ3) is 4.50. The van der Waals surface area contributed by atoms with E-state index < -0.39 is 5.91 Å². The van der Waals surface area contributed by atoms with Crippen molar-refractivity contribution in [1.82, 2.24) is 4.90 Å². The fraction of sp³-hybridized carbons (Fsp3) is 0.857. The zero-order chi connectivity index (χ0) is 8.27. The first-order valence-electron chi connectivity index (χ1n) is 3.83. The third-order valence-electron chi connectivity index (χ3n) is 1.92. The summed E-state index contributed by atoms with van der Waals surface area (Å²) in [6.45, 7) is 1.70. The summed E-state index contributed by atoms with van der Waals surface area (Å²) in [5.74, 6) is -0.540. The maximum Gasteiger partial charge on any atom is 0.0630 e. The van der Waals surface area contributed by atoms with E-state index in [0.717, 1.165) is 25.9 Å². The number of aliphatic hydroxyl groups excluding tert-OH is 1. The molecule has 1 rings (SSSR count). The van der Waals surface area contributed by atoms with Gasteiger partial charge >= 0.3 is 0 Å². The summed E-state index contributed by atoms with van der Waals surface area (Å²) in [4.78, 5) is 12.3. The number of amides is 1. The molecule has 0 atom stereocenters. The van der Waals surface area contributed by atoms with Crippen LogP contribution in [0.15, 0.2) is 0 Å². The molecule has 1 aliphatic heterocycles. The number of hydrogen-bond acceptors (Lipinski definition) is 3. The van der Waals surface area contributed by atoms with Crippen LogP contribution in [-0.2, 0) is 37.5 Å². The second kappa shape index (κ2) is 6.03. The van der Waals surface area contributed by atoms with Gasteiger partial charge in [0.1, 0.15) is 0 Å². The van der Waals surface area contributed by atoms with Gasteiger partial charge in [-0.1, -0.05) is 0 Å². The molecule has 67 valence electrons. The van der Waals surface area contributed by atoms with Gasteiger partial charge in [-0.05, 0) is 12.8 Å². The average Bonchev–Trinajstić information content (AvgIpc) is 1.93. The van der Waals surface area contributed by atoms with E-state index in [0.29, 0.717) is 0 Å². The predicted molar refractivity (Wildman–Crippen MR) is 41.0 cm³/mol. The first-order valence-corrected chi connectivity index (χ1v) is 3.83. The number of carbonyl (C=O) groups excluding carboxylic acids is 1. The Morgan fingerprint density at radius 1 is 1.50 bits per heavy atom. The topological polar surface area (TPSA) is 64.3 Å². The average molecular weight is 246 g/mol. The van der Waals surface area contributed by atoms with Crippen molar-refractivity contribution in [1.29, 1.82) is 0 Å². The van der Waals surface area contributed by atoms with E-state index in [9.17, 15) is 4.79 Å². The van der Waals surface area contributed by atoms with Crippen molar-refractivity contribution in [3.8, 4) is 0 Å². The molecule has 0 bridgehead atoms. The molecule has 0 unspecified atom stereocenters. The summed E-state index contributed by atoms with van der Waals surface area (Å²) in [6.07, 6.45) is 1.26. The summed E-state index contributed by atoms with van der Waals surface area (Å²) < 4.78 is 0. The van der Waals surface area contributed by atoms with Crippen molar-refractivity contribution >= 4 is 5.91 Å². The zero-order valence-electron chi connectivity index (χ0n) is 6.99. The van der Waals surface area contributed by atoms with Crippen molar-refractivity contribution in [2.45, 2.75) is 18.9 Å². The molecule has 1 amide bonds. The Bertz CT molecular complexity index is 146. The molecule has 1 saturated heterocycles. The van der Waals surface area contributed by atoms with Crippen LogP contribution in [0.3, 0.4) is 0 Å². The number of nitrogens with one attached hydrogen (secondary N) is 1. The Balaban J connectivity index is 0.00000121. The van der Waals surface area contributed by atoms with Crippen LogP contribution >= 0.6 is 0 Å². The fourth-order valence-electron chi connectivity index (χ4n) is 1.28. The van der Waals surface area contributed by atoms with Crippen molar-refractivity contribution in [3.05, 3.63) is 5.73 Å². The van der Waals surface area contributed by atoms with Crippen LogP contribution in [0.5, 0.6) is 0 Å². The first kappa shape index (κ1) is 12.5. The van der Waals surface area contributed by atoms with Crippen LogP contribution in [0.1, 0.15) is 12.8 Å². The summed E-state index contributed by atoms with van der Waals surface area (Å²) in [5, 5.41) is 9.10. The number of rotatable bonds is 2. The first-order chi connectivity index (χ1) is 5.18. The van der Waals surface area contributed by atoms with E-state index in [4.69, 9.17) is 10.8 Å². The molecule has 0 spiro atoms. The molecule has 12 heavy (non-hydrogen) atoms. The minimum absolute atomic E-state index is 0. The van der Waals surface area contributed by atoms with Crippen LogP contribution < -0.4 is 0 Å². The van der Waals surface area contributed by atoms with Gasteiger partial charge in [0, 0.05) is 52.3 Å². The summed E-state index contributed by atoms with van der Waals surface area (Å²) in [7, 11) is 0. The molecule has 2 N–H and O–H groups in total. The molecule has 0 aromatic rings. The minimum atomic E-state index is -0.540. The van der Waals surface area contributed by atoms with Gasteiger partial charge in [0.05, 0.1) is 12.0 Å². The van der Waals surface area contributed by atoms with Crippen LogP contribution in [0.25, 0.3) is 5.73 Å². The van der Waals surface area contributed by atoms with E-state index in [1.807, 2.05) is 4.90 Å². The van der Waals surface area contributed by atoms with E-state index in [-0.39, 0.29) is 45.4 Å². The van der Waals surface area contributed by atoms with Crippen LogP contribution in [0.4, 0.5) is 0 Å². The fourth-order valence-corrected chi connectivity index (χ4v) is 1.28. The minimum Gasteiger partial charge on any atom is -0.667 e. The normalized spacial score (nSPS) is 20.1. The molecular weight excluding hydrogens is 233 g/mol. The molecule has 0 saturated carbocycles. The van der Waals surface area contributed by atoms with Gasteiger partial charge < -0.3 is 15.6 Å². The van der Waals surface area contributed by atoms with Crippen molar-refractivity contribution in [3.63, 3.8) is 0 Å². The SMILES string of the molecule is [NH-]C(=O)CN1CCC(O)CC1.[Y]. The van der Waals surface area contributed by atoms with E-state index in [1.54, 1.807) is 0 Å². The number of aliphatic hydroxyl groups is 1. The standard InChI is InChI=1S/C7H14N2O2.Y/c8-7(11)5-9-3-1-6(10)2-4-9;/h6,10H,1-5H2,(H2,8,11);/p-1. The van der Waals surface area contributed by atoms with Gasteiger partial charge in [0.2, 0.25) is 0 Å². The van der Waals surface area contributed by atoms with Gasteiger partial charge in [-0.2, -0.15) is 0 Å². The van der Waals surface area contributed by atoms with Crippen LogP contribution in [0, 0.1) is 0 Å². The summed E-state index contributed by atoms with van der Waals surface area (Å²) in [6, 6.07) is 0. The number of hydrogen-bond donors (Lipinski definition) is 1. The molecule has 5 heteroatoms. The Morgan fingerprint density at radius 3 is 2.42 bits per heavy atom. The quantitative estimate of drug-likeness (QED) is 0.747. The Kier molecular flexibility index (Phi) is 6.27. The maximum atomic E-state index is 10.4. The van der Waals surface area contributed by atoms with E-state index in [1.165, 1.54) is 0 Å². The summed E-state index contributed by atoms with van der Waals surface area (Å²) >= 11 is 0. The number of likely N-dealkylation sites (tertiary alicyclic amines) is 1. The summed E-state index contributed by atoms with van der Waals surface area (Å²) in [5.41, 5.74) is 6.72. The molecule has 1 fully saturated rings. The van der Waals surface area contributed by atoms with Gasteiger partial charge in [0.25, 0.3) is 0 Å². The van der Waals surface area contributed by atoms with Gasteiger partial charge in [-0.25, -0.2) is 0 Å². The van der Waals surface area contributed by atoms with Crippen molar-refractivity contribution < 1.29 is 42.6 Å². The number of nitrogens with zero attached hydrogens (tertiary/aromatic N) is 1. The van der Waals surface area contributed by atoms with Crippen molar-refractivity contribution in [2.24, 2.45) is 0 Å². The van der Waals surface area contributed by atoms with Crippen LogP contribution in [-0.4, -0.2) is 41.7 Å². The molecule has 0 aromatic carbocycles. The van der Waals surface area contributed by atoms with Gasteiger partial charge in [-0.3, -0.25) is 4.90 Å². The Hall–Kier alpha value is 0.494. The smallest absolute Gasteiger partial charge is 0.0630 e. The molecular formula is C7H13N2O2Y-. The largest absolute Gasteiger partial charge is 0.667 e. The molecule has 1 heterocycles. The van der Waals surface area contributed by atoms with Gasteiger partial charge in [-0.15, -0.1) is 0 Å². The number of piperidine rings is 1. The maximum absolute atomic E-state index is 10.4. The van der Waals surface area contributed by atoms with Crippen molar-refractivity contribution in [2.75, 3.05) is 19.6 Å².